The number of aromatic nitrogens is 1. The molecule has 7 nitrogen and oxygen atoms in total. The first-order valence-corrected chi connectivity index (χ1v) is 7.27. The van der Waals surface area contributed by atoms with Gasteiger partial charge in [0, 0.05) is 6.54 Å². The second-order valence-electron chi connectivity index (χ2n) is 5.25. The number of nitrogens with one attached hydrogen (secondary N) is 2. The fraction of sp³-hybridized carbons (Fsp3) is 0.250. The number of carbonyl (C=O) groups is 1. The van der Waals surface area contributed by atoms with Gasteiger partial charge in [0.25, 0.3) is 0 Å². The molecule has 0 aliphatic carbocycles. The minimum Gasteiger partial charge on any atom is -0.454 e. The molecular weight excluding hydrogens is 296 g/mol. The summed E-state index contributed by atoms with van der Waals surface area (Å²) in [7, 11) is 0. The number of amides is 1. The maximum Gasteiger partial charge on any atom is 0.242 e. The summed E-state index contributed by atoms with van der Waals surface area (Å²) in [5, 5.41) is 5.90. The van der Waals surface area contributed by atoms with Crippen LogP contribution < -0.4 is 25.8 Å². The SMILES string of the molecule is CC(N)C(=O)Nc1ccc(NCc2ccc3c(c2)OCO3)cn1. The lowest BCUT2D eigenvalue weighted by atomic mass is 10.2. The number of ether oxygens (including phenoxy) is 2. The van der Waals surface area contributed by atoms with Gasteiger partial charge in [-0.05, 0) is 36.8 Å². The van der Waals surface area contributed by atoms with Crippen LogP contribution in [0.1, 0.15) is 12.5 Å². The van der Waals surface area contributed by atoms with Crippen LogP contribution in [0.5, 0.6) is 11.5 Å². The number of nitrogens with zero attached hydrogens (tertiary/aromatic N) is 1. The molecule has 120 valence electrons. The molecule has 1 aliphatic rings. The maximum atomic E-state index is 11.5. The molecule has 23 heavy (non-hydrogen) atoms. The van der Waals surface area contributed by atoms with Gasteiger partial charge in [-0.2, -0.15) is 0 Å². The molecule has 3 rings (SSSR count). The van der Waals surface area contributed by atoms with Crippen LogP contribution in [0.4, 0.5) is 11.5 Å². The molecule has 1 aromatic carbocycles. The number of anilines is 2. The fourth-order valence-corrected chi connectivity index (χ4v) is 2.07. The van der Waals surface area contributed by atoms with Crippen molar-refractivity contribution in [3.05, 3.63) is 42.1 Å². The number of rotatable bonds is 5. The Kier molecular flexibility index (Phi) is 4.29. The van der Waals surface area contributed by atoms with E-state index in [9.17, 15) is 4.79 Å². The second kappa shape index (κ2) is 6.53. The summed E-state index contributed by atoms with van der Waals surface area (Å²) in [4.78, 5) is 15.7. The Labute approximate surface area is 133 Å². The highest BCUT2D eigenvalue weighted by Gasteiger charge is 2.13. The highest BCUT2D eigenvalue weighted by molar-refractivity contribution is 5.93. The Bertz CT molecular complexity index is 701. The van der Waals surface area contributed by atoms with Gasteiger partial charge < -0.3 is 25.8 Å². The van der Waals surface area contributed by atoms with Gasteiger partial charge in [-0.25, -0.2) is 4.98 Å². The maximum absolute atomic E-state index is 11.5. The first-order valence-electron chi connectivity index (χ1n) is 7.27. The zero-order chi connectivity index (χ0) is 16.2. The second-order valence-corrected chi connectivity index (χ2v) is 5.25. The largest absolute Gasteiger partial charge is 0.454 e. The van der Waals surface area contributed by atoms with Gasteiger partial charge in [0.15, 0.2) is 11.5 Å². The van der Waals surface area contributed by atoms with E-state index in [0.29, 0.717) is 12.4 Å². The zero-order valence-electron chi connectivity index (χ0n) is 12.7. The van der Waals surface area contributed by atoms with Gasteiger partial charge in [-0.1, -0.05) is 6.07 Å². The van der Waals surface area contributed by atoms with Crippen molar-refractivity contribution >= 4 is 17.4 Å². The van der Waals surface area contributed by atoms with Crippen molar-refractivity contribution in [3.8, 4) is 11.5 Å². The van der Waals surface area contributed by atoms with Crippen molar-refractivity contribution in [1.29, 1.82) is 0 Å². The standard InChI is InChI=1S/C16H18N4O3/c1-10(17)16(21)20-15-5-3-12(8-19-15)18-7-11-2-4-13-14(6-11)23-9-22-13/h2-6,8,10,18H,7,9,17H2,1H3,(H,19,20,21). The van der Waals surface area contributed by atoms with Crippen LogP contribution in [-0.2, 0) is 11.3 Å². The molecule has 1 atom stereocenters. The van der Waals surface area contributed by atoms with Crippen LogP contribution in [-0.4, -0.2) is 23.7 Å². The Morgan fingerprint density at radius 2 is 2.13 bits per heavy atom. The average Bonchev–Trinajstić information content (AvgIpc) is 3.01. The predicted octanol–water partition coefficient (Wildman–Crippen LogP) is 1.71. The van der Waals surface area contributed by atoms with Gasteiger partial charge in [0.1, 0.15) is 5.82 Å². The molecule has 0 radical (unpaired) electrons. The molecule has 0 spiro atoms. The summed E-state index contributed by atoms with van der Waals surface area (Å²) >= 11 is 0. The summed E-state index contributed by atoms with van der Waals surface area (Å²) in [5.41, 5.74) is 7.41. The third kappa shape index (κ3) is 3.70. The molecule has 0 fully saturated rings. The third-order valence-corrected chi connectivity index (χ3v) is 3.36. The molecule has 1 aliphatic heterocycles. The average molecular weight is 314 g/mol. The highest BCUT2D eigenvalue weighted by atomic mass is 16.7. The number of nitrogens with two attached hydrogens (primary N) is 1. The number of benzene rings is 1. The summed E-state index contributed by atoms with van der Waals surface area (Å²) in [5.74, 6) is 1.74. The van der Waals surface area contributed by atoms with E-state index in [-0.39, 0.29) is 12.7 Å². The van der Waals surface area contributed by atoms with E-state index in [1.165, 1.54) is 0 Å². The minimum absolute atomic E-state index is 0.265. The Morgan fingerprint density at radius 3 is 2.87 bits per heavy atom. The van der Waals surface area contributed by atoms with E-state index >= 15 is 0 Å². The number of hydrogen-bond acceptors (Lipinski definition) is 6. The Hall–Kier alpha value is -2.80. The first kappa shape index (κ1) is 15.1. The van der Waals surface area contributed by atoms with Crippen molar-refractivity contribution in [2.24, 2.45) is 5.73 Å². The van der Waals surface area contributed by atoms with Crippen molar-refractivity contribution in [1.82, 2.24) is 4.98 Å². The van der Waals surface area contributed by atoms with Crippen molar-refractivity contribution in [2.75, 3.05) is 17.4 Å². The van der Waals surface area contributed by atoms with Crippen LogP contribution in [0.2, 0.25) is 0 Å². The Morgan fingerprint density at radius 1 is 1.30 bits per heavy atom. The quantitative estimate of drug-likeness (QED) is 0.777. The van der Waals surface area contributed by atoms with Gasteiger partial charge in [0.05, 0.1) is 17.9 Å². The summed E-state index contributed by atoms with van der Waals surface area (Å²) in [6.07, 6.45) is 1.66. The molecule has 2 aromatic rings. The van der Waals surface area contributed by atoms with Gasteiger partial charge in [-0.3, -0.25) is 4.79 Å². The molecule has 0 bridgehead atoms. The Balaban J connectivity index is 1.57. The molecule has 2 heterocycles. The minimum atomic E-state index is -0.569. The van der Waals surface area contributed by atoms with E-state index in [4.69, 9.17) is 15.2 Å². The van der Waals surface area contributed by atoms with Gasteiger partial charge >= 0.3 is 0 Å². The molecule has 1 amide bonds. The normalized spacial score (nSPS) is 13.5. The number of pyridine rings is 1. The van der Waals surface area contributed by atoms with Crippen LogP contribution in [0.15, 0.2) is 36.5 Å². The lowest BCUT2D eigenvalue weighted by molar-refractivity contribution is -0.117. The van der Waals surface area contributed by atoms with Crippen LogP contribution in [0, 0.1) is 0 Å². The third-order valence-electron chi connectivity index (χ3n) is 3.36. The van der Waals surface area contributed by atoms with Crippen molar-refractivity contribution < 1.29 is 14.3 Å². The summed E-state index contributed by atoms with van der Waals surface area (Å²) in [6.45, 7) is 2.52. The zero-order valence-corrected chi connectivity index (χ0v) is 12.7. The van der Waals surface area contributed by atoms with Crippen molar-refractivity contribution in [3.63, 3.8) is 0 Å². The van der Waals surface area contributed by atoms with E-state index in [1.54, 1.807) is 19.2 Å². The molecule has 1 aromatic heterocycles. The lowest BCUT2D eigenvalue weighted by Gasteiger charge is -2.09. The van der Waals surface area contributed by atoms with E-state index < -0.39 is 6.04 Å². The van der Waals surface area contributed by atoms with Crippen LogP contribution in [0.3, 0.4) is 0 Å². The summed E-state index contributed by atoms with van der Waals surface area (Å²) < 4.78 is 10.6. The molecule has 7 heteroatoms. The smallest absolute Gasteiger partial charge is 0.242 e. The van der Waals surface area contributed by atoms with Gasteiger partial charge in [-0.15, -0.1) is 0 Å². The summed E-state index contributed by atoms with van der Waals surface area (Å²) in [6, 6.07) is 8.81. The van der Waals surface area contributed by atoms with E-state index in [1.807, 2.05) is 24.3 Å². The molecule has 1 unspecified atom stereocenters. The van der Waals surface area contributed by atoms with Gasteiger partial charge in [0.2, 0.25) is 12.7 Å². The number of fused-ring (bicyclic) bond motifs is 1. The van der Waals surface area contributed by atoms with Crippen LogP contribution in [0.25, 0.3) is 0 Å². The topological polar surface area (TPSA) is 98.5 Å². The fourth-order valence-electron chi connectivity index (χ4n) is 2.07. The molecule has 0 saturated carbocycles. The predicted molar refractivity (Wildman–Crippen MR) is 86.4 cm³/mol. The number of carbonyl (C=O) groups excluding carboxylic acids is 1. The molecule has 0 saturated heterocycles. The molecular formula is C16H18N4O3. The van der Waals surface area contributed by atoms with E-state index in [0.717, 1.165) is 22.7 Å². The monoisotopic (exact) mass is 314 g/mol. The highest BCUT2D eigenvalue weighted by Crippen LogP contribution is 2.32. The van der Waals surface area contributed by atoms with Crippen molar-refractivity contribution in [2.45, 2.75) is 19.5 Å². The number of hydrogen-bond donors (Lipinski definition) is 3. The van der Waals surface area contributed by atoms with E-state index in [2.05, 4.69) is 15.6 Å². The van der Waals surface area contributed by atoms with Crippen LogP contribution >= 0.6 is 0 Å². The first-order chi connectivity index (χ1) is 11.1. The molecule has 4 N–H and O–H groups in total. The lowest BCUT2D eigenvalue weighted by Crippen LogP contribution is -2.32.